The van der Waals surface area contributed by atoms with E-state index < -0.39 is 11.6 Å². The molecular formula is C18H29N3O2. The van der Waals surface area contributed by atoms with Gasteiger partial charge in [0.2, 0.25) is 5.91 Å². The molecule has 1 fully saturated rings. The Morgan fingerprint density at radius 3 is 2.43 bits per heavy atom. The van der Waals surface area contributed by atoms with Gasteiger partial charge in [-0.2, -0.15) is 0 Å². The quantitative estimate of drug-likeness (QED) is 0.812. The average molecular weight is 319 g/mol. The minimum absolute atomic E-state index is 0.0193. The number of nitrogens with one attached hydrogen (secondary N) is 1. The minimum Gasteiger partial charge on any atom is -0.391 e. The third kappa shape index (κ3) is 5.03. The molecule has 1 aliphatic rings. The van der Waals surface area contributed by atoms with Gasteiger partial charge in [0, 0.05) is 39.1 Å². The summed E-state index contributed by atoms with van der Waals surface area (Å²) < 4.78 is 0. The van der Waals surface area contributed by atoms with E-state index in [1.807, 2.05) is 44.2 Å². The molecule has 0 saturated carbocycles. The van der Waals surface area contributed by atoms with E-state index in [-0.39, 0.29) is 12.5 Å². The third-order valence-corrected chi connectivity index (χ3v) is 4.66. The highest BCUT2D eigenvalue weighted by Gasteiger charge is 2.35. The molecule has 0 radical (unpaired) electrons. The number of rotatable bonds is 6. The fraction of sp³-hybridized carbons (Fsp3) is 0.611. The van der Waals surface area contributed by atoms with E-state index in [0.29, 0.717) is 6.42 Å². The Bertz CT molecular complexity index is 496. The molecule has 1 saturated heterocycles. The van der Waals surface area contributed by atoms with Gasteiger partial charge < -0.3 is 15.3 Å². The number of hydrogen-bond donors (Lipinski definition) is 2. The number of likely N-dealkylation sites (N-methyl/N-ethyl adjacent to an activating group) is 1. The van der Waals surface area contributed by atoms with Crippen LogP contribution in [0.2, 0.25) is 0 Å². The van der Waals surface area contributed by atoms with Crippen LogP contribution in [0.5, 0.6) is 0 Å². The molecular weight excluding hydrogens is 290 g/mol. The third-order valence-electron chi connectivity index (χ3n) is 4.66. The average Bonchev–Trinajstić information content (AvgIpc) is 2.54. The van der Waals surface area contributed by atoms with E-state index in [1.165, 1.54) is 0 Å². The van der Waals surface area contributed by atoms with Crippen LogP contribution in [0.3, 0.4) is 0 Å². The number of amides is 1. The van der Waals surface area contributed by atoms with Gasteiger partial charge in [0.25, 0.3) is 0 Å². The summed E-state index contributed by atoms with van der Waals surface area (Å²) in [5.41, 5.74) is 0.529. The fourth-order valence-corrected chi connectivity index (χ4v) is 2.89. The predicted octanol–water partition coefficient (Wildman–Crippen LogP) is 0.732. The lowest BCUT2D eigenvalue weighted by atomic mass is 10.00. The van der Waals surface area contributed by atoms with Crippen LogP contribution < -0.4 is 5.32 Å². The van der Waals surface area contributed by atoms with E-state index in [4.69, 9.17) is 0 Å². The molecule has 1 aromatic carbocycles. The van der Waals surface area contributed by atoms with E-state index in [0.717, 1.165) is 31.7 Å². The second-order valence-electron chi connectivity index (χ2n) is 6.90. The summed E-state index contributed by atoms with van der Waals surface area (Å²) in [6.07, 6.45) is -0.0135. The summed E-state index contributed by atoms with van der Waals surface area (Å²) in [6, 6.07) is 9.84. The Kier molecular flexibility index (Phi) is 6.16. The van der Waals surface area contributed by atoms with Crippen molar-refractivity contribution < 1.29 is 9.90 Å². The highest BCUT2D eigenvalue weighted by molar-refractivity contribution is 5.85. The zero-order chi connectivity index (χ0) is 16.9. The number of aliphatic hydroxyl groups is 1. The van der Waals surface area contributed by atoms with Crippen molar-refractivity contribution in [2.24, 2.45) is 0 Å². The van der Waals surface area contributed by atoms with Crippen molar-refractivity contribution in [3.63, 3.8) is 0 Å². The van der Waals surface area contributed by atoms with Gasteiger partial charge in [-0.3, -0.25) is 9.69 Å². The highest BCUT2D eigenvalue weighted by atomic mass is 16.3. The van der Waals surface area contributed by atoms with Gasteiger partial charge in [-0.25, -0.2) is 0 Å². The number of aliphatic hydroxyl groups excluding tert-OH is 1. The number of piperazine rings is 1. The van der Waals surface area contributed by atoms with Gasteiger partial charge in [0.1, 0.15) is 0 Å². The van der Waals surface area contributed by atoms with Crippen molar-refractivity contribution in [3.05, 3.63) is 35.9 Å². The molecule has 0 aliphatic carbocycles. The molecule has 2 N–H and O–H groups in total. The Morgan fingerprint density at radius 2 is 1.83 bits per heavy atom. The minimum atomic E-state index is -0.565. The molecule has 5 heteroatoms. The Morgan fingerprint density at radius 1 is 1.22 bits per heavy atom. The Hall–Kier alpha value is -1.43. The molecule has 2 rings (SSSR count). The van der Waals surface area contributed by atoms with Crippen LogP contribution in [0.1, 0.15) is 19.4 Å². The lowest BCUT2D eigenvalue weighted by Gasteiger charge is -2.42. The van der Waals surface area contributed by atoms with Crippen molar-refractivity contribution in [2.45, 2.75) is 31.9 Å². The lowest BCUT2D eigenvalue weighted by Crippen LogP contribution is -2.60. The summed E-state index contributed by atoms with van der Waals surface area (Å²) in [4.78, 5) is 17.0. The predicted molar refractivity (Wildman–Crippen MR) is 92.3 cm³/mol. The van der Waals surface area contributed by atoms with Gasteiger partial charge in [0.15, 0.2) is 0 Å². The monoisotopic (exact) mass is 319 g/mol. The number of carbonyl (C=O) groups excluding carboxylic acids is 1. The Labute approximate surface area is 139 Å². The second-order valence-corrected chi connectivity index (χ2v) is 6.90. The summed E-state index contributed by atoms with van der Waals surface area (Å²) in [6.45, 7) is 7.94. The van der Waals surface area contributed by atoms with Crippen LogP contribution in [0.25, 0.3) is 0 Å². The van der Waals surface area contributed by atoms with Crippen molar-refractivity contribution in [3.8, 4) is 0 Å². The van der Waals surface area contributed by atoms with E-state index >= 15 is 0 Å². The first-order valence-corrected chi connectivity index (χ1v) is 8.33. The maximum Gasteiger partial charge on any atom is 0.240 e. The molecule has 5 nitrogen and oxygen atoms in total. The normalized spacial score (nSPS) is 18.6. The molecule has 1 unspecified atom stereocenters. The molecule has 0 aromatic heterocycles. The first-order valence-electron chi connectivity index (χ1n) is 8.33. The van der Waals surface area contributed by atoms with Crippen LogP contribution in [-0.2, 0) is 11.2 Å². The lowest BCUT2D eigenvalue weighted by molar-refractivity contribution is -0.133. The molecule has 1 heterocycles. The SMILES string of the molecule is CN1CCN(C(C)(C)C(=O)NCC(O)Cc2ccccc2)CC1. The molecule has 1 aliphatic heterocycles. The number of nitrogens with zero attached hydrogens (tertiary/aromatic N) is 2. The van der Waals surface area contributed by atoms with E-state index in [1.54, 1.807) is 0 Å². The van der Waals surface area contributed by atoms with Crippen LogP contribution in [-0.4, -0.2) is 72.2 Å². The summed E-state index contributed by atoms with van der Waals surface area (Å²) in [5.74, 6) is -0.0193. The van der Waals surface area contributed by atoms with Crippen LogP contribution in [0, 0.1) is 0 Å². The van der Waals surface area contributed by atoms with E-state index in [9.17, 15) is 9.90 Å². The number of carbonyl (C=O) groups is 1. The van der Waals surface area contributed by atoms with Crippen LogP contribution in [0.15, 0.2) is 30.3 Å². The first kappa shape index (κ1) is 17.9. The molecule has 1 atom stereocenters. The molecule has 1 aromatic rings. The van der Waals surface area contributed by atoms with Crippen molar-refractivity contribution in [1.82, 2.24) is 15.1 Å². The summed E-state index contributed by atoms with van der Waals surface area (Å²) >= 11 is 0. The van der Waals surface area contributed by atoms with Crippen molar-refractivity contribution >= 4 is 5.91 Å². The van der Waals surface area contributed by atoms with Crippen molar-refractivity contribution in [2.75, 3.05) is 39.8 Å². The van der Waals surface area contributed by atoms with Crippen molar-refractivity contribution in [1.29, 1.82) is 0 Å². The van der Waals surface area contributed by atoms with Gasteiger partial charge >= 0.3 is 0 Å². The number of hydrogen-bond acceptors (Lipinski definition) is 4. The van der Waals surface area contributed by atoms with Crippen LogP contribution in [0.4, 0.5) is 0 Å². The standard InChI is InChI=1S/C18H29N3O2/c1-18(2,21-11-9-20(3)10-12-21)17(23)19-14-16(22)13-15-7-5-4-6-8-15/h4-8,16,22H,9-14H2,1-3H3,(H,19,23). The molecule has 1 amide bonds. The highest BCUT2D eigenvalue weighted by Crippen LogP contribution is 2.17. The zero-order valence-electron chi connectivity index (χ0n) is 14.5. The summed E-state index contributed by atoms with van der Waals surface area (Å²) in [5, 5.41) is 13.0. The largest absolute Gasteiger partial charge is 0.391 e. The fourth-order valence-electron chi connectivity index (χ4n) is 2.89. The van der Waals surface area contributed by atoms with Gasteiger partial charge in [-0.05, 0) is 26.5 Å². The smallest absolute Gasteiger partial charge is 0.240 e. The molecule has 0 spiro atoms. The number of benzene rings is 1. The maximum atomic E-state index is 12.5. The van der Waals surface area contributed by atoms with Gasteiger partial charge in [-0.1, -0.05) is 30.3 Å². The summed E-state index contributed by atoms with van der Waals surface area (Å²) in [7, 11) is 2.10. The van der Waals surface area contributed by atoms with E-state index in [2.05, 4.69) is 22.2 Å². The maximum absolute atomic E-state index is 12.5. The van der Waals surface area contributed by atoms with Crippen LogP contribution >= 0.6 is 0 Å². The topological polar surface area (TPSA) is 55.8 Å². The van der Waals surface area contributed by atoms with Gasteiger partial charge in [0.05, 0.1) is 11.6 Å². The molecule has 23 heavy (non-hydrogen) atoms. The first-order chi connectivity index (χ1) is 10.9. The van der Waals surface area contributed by atoms with Gasteiger partial charge in [-0.15, -0.1) is 0 Å². The zero-order valence-corrected chi connectivity index (χ0v) is 14.5. The second kappa shape index (κ2) is 7.90. The Balaban J connectivity index is 1.81. The molecule has 128 valence electrons. The molecule has 0 bridgehead atoms.